The fourth-order valence-corrected chi connectivity index (χ4v) is 2.61. The fraction of sp³-hybridized carbons (Fsp3) is 0.158. The van der Waals surface area contributed by atoms with Gasteiger partial charge in [0.1, 0.15) is 5.75 Å². The number of carbonyl (C=O) groups excluding carboxylic acids is 1. The van der Waals surface area contributed by atoms with Crippen molar-refractivity contribution in [1.29, 1.82) is 0 Å². The van der Waals surface area contributed by atoms with Crippen molar-refractivity contribution in [1.82, 2.24) is 10.3 Å². The molecule has 0 fully saturated rings. The van der Waals surface area contributed by atoms with E-state index in [0.29, 0.717) is 17.0 Å². The van der Waals surface area contributed by atoms with Crippen molar-refractivity contribution in [3.8, 4) is 5.75 Å². The number of pyridine rings is 1. The van der Waals surface area contributed by atoms with Crippen LogP contribution in [0, 0.1) is 0 Å². The van der Waals surface area contributed by atoms with Gasteiger partial charge < -0.3 is 15.4 Å². The molecule has 0 saturated carbocycles. The van der Waals surface area contributed by atoms with Gasteiger partial charge in [0.25, 0.3) is 0 Å². The number of anilines is 1. The molecule has 0 aliphatic heterocycles. The Morgan fingerprint density at radius 2 is 1.81 bits per heavy atom. The highest BCUT2D eigenvalue weighted by molar-refractivity contribution is 6.03. The first-order chi connectivity index (χ1) is 12.9. The molecule has 0 spiro atoms. The average Bonchev–Trinajstić information content (AvgIpc) is 2.66. The summed E-state index contributed by atoms with van der Waals surface area (Å²) in [7, 11) is 1.55. The van der Waals surface area contributed by atoms with E-state index in [1.165, 1.54) is 12.1 Å². The summed E-state index contributed by atoms with van der Waals surface area (Å²) in [6, 6.07) is 9.34. The Labute approximate surface area is 153 Å². The van der Waals surface area contributed by atoms with Crippen molar-refractivity contribution in [2.24, 2.45) is 0 Å². The molecular formula is C19H16F3N3O2. The van der Waals surface area contributed by atoms with Gasteiger partial charge in [0.15, 0.2) is 0 Å². The molecule has 0 atom stereocenters. The van der Waals surface area contributed by atoms with Crippen molar-refractivity contribution in [3.63, 3.8) is 0 Å². The number of methoxy groups -OCH3 is 1. The number of fused-ring (bicyclic) bond motifs is 1. The van der Waals surface area contributed by atoms with Crippen molar-refractivity contribution >= 4 is 22.5 Å². The molecular weight excluding hydrogens is 359 g/mol. The molecule has 3 rings (SSSR count). The Bertz CT molecular complexity index is 957. The summed E-state index contributed by atoms with van der Waals surface area (Å²) < 4.78 is 43.0. The van der Waals surface area contributed by atoms with Crippen LogP contribution < -0.4 is 15.4 Å². The van der Waals surface area contributed by atoms with Crippen molar-refractivity contribution in [3.05, 3.63) is 66.0 Å². The third-order valence-corrected chi connectivity index (χ3v) is 3.98. The molecule has 2 aromatic carbocycles. The number of hydrogen-bond acceptors (Lipinski definition) is 3. The molecule has 0 saturated heterocycles. The van der Waals surface area contributed by atoms with E-state index in [1.54, 1.807) is 37.7 Å². The predicted octanol–water partition coefficient (Wildman–Crippen LogP) is 4.58. The summed E-state index contributed by atoms with van der Waals surface area (Å²) in [5, 5.41) is 6.86. The van der Waals surface area contributed by atoms with Gasteiger partial charge in [-0.25, -0.2) is 4.79 Å². The Balaban J connectivity index is 1.67. The normalized spacial score (nSPS) is 11.3. The number of ether oxygens (including phenoxy) is 1. The quantitative estimate of drug-likeness (QED) is 0.701. The Hall–Kier alpha value is -3.29. The van der Waals surface area contributed by atoms with Crippen LogP contribution >= 0.6 is 0 Å². The number of carbonyl (C=O) groups is 1. The minimum absolute atomic E-state index is 0.0968. The standard InChI is InChI=1S/C19H16F3N3O2/c1-27-17-7-6-16(14-8-9-23-11-15(14)17)25-18(26)24-10-12-2-4-13(5-3-12)19(20,21)22/h2-9,11H,10H2,1H3,(H2,24,25,26). The Morgan fingerprint density at radius 1 is 1.07 bits per heavy atom. The number of nitrogens with one attached hydrogen (secondary N) is 2. The first-order valence-electron chi connectivity index (χ1n) is 8.00. The Morgan fingerprint density at radius 3 is 2.48 bits per heavy atom. The highest BCUT2D eigenvalue weighted by Gasteiger charge is 2.29. The minimum Gasteiger partial charge on any atom is -0.496 e. The SMILES string of the molecule is COc1ccc(NC(=O)NCc2ccc(C(F)(F)F)cc2)c2ccncc12. The number of nitrogens with zero attached hydrogens (tertiary/aromatic N) is 1. The van der Waals surface area contributed by atoms with Crippen LogP contribution in [-0.4, -0.2) is 18.1 Å². The summed E-state index contributed by atoms with van der Waals surface area (Å²) >= 11 is 0. The second kappa shape index (κ2) is 7.53. The first-order valence-corrected chi connectivity index (χ1v) is 8.00. The van der Waals surface area contributed by atoms with Crippen LogP contribution in [-0.2, 0) is 12.7 Å². The van der Waals surface area contributed by atoms with E-state index in [2.05, 4.69) is 15.6 Å². The van der Waals surface area contributed by atoms with E-state index in [9.17, 15) is 18.0 Å². The van der Waals surface area contributed by atoms with Gasteiger partial charge >= 0.3 is 12.2 Å². The van der Waals surface area contributed by atoms with Crippen molar-refractivity contribution in [2.45, 2.75) is 12.7 Å². The van der Waals surface area contributed by atoms with Crippen LogP contribution in [0.15, 0.2) is 54.9 Å². The third kappa shape index (κ3) is 4.28. The summed E-state index contributed by atoms with van der Waals surface area (Å²) in [5.41, 5.74) is 0.397. The lowest BCUT2D eigenvalue weighted by molar-refractivity contribution is -0.137. The van der Waals surface area contributed by atoms with Crippen LogP contribution in [0.25, 0.3) is 10.8 Å². The summed E-state index contributed by atoms with van der Waals surface area (Å²) in [6.45, 7) is 0.0968. The molecule has 8 heteroatoms. The molecule has 27 heavy (non-hydrogen) atoms. The lowest BCUT2D eigenvalue weighted by Gasteiger charge is -2.12. The number of benzene rings is 2. The van der Waals surface area contributed by atoms with E-state index >= 15 is 0 Å². The summed E-state index contributed by atoms with van der Waals surface area (Å²) in [6.07, 6.45) is -1.14. The molecule has 5 nitrogen and oxygen atoms in total. The molecule has 1 heterocycles. The van der Waals surface area contributed by atoms with E-state index < -0.39 is 17.8 Å². The molecule has 0 unspecified atom stereocenters. The van der Waals surface area contributed by atoms with Gasteiger partial charge in [0.05, 0.1) is 18.4 Å². The number of urea groups is 1. The van der Waals surface area contributed by atoms with Gasteiger partial charge in [0, 0.05) is 29.7 Å². The molecule has 2 N–H and O–H groups in total. The lowest BCUT2D eigenvalue weighted by Crippen LogP contribution is -2.28. The van der Waals surface area contributed by atoms with E-state index in [4.69, 9.17) is 4.74 Å². The maximum absolute atomic E-state index is 12.6. The smallest absolute Gasteiger partial charge is 0.416 e. The van der Waals surface area contributed by atoms with Crippen LogP contribution in [0.4, 0.5) is 23.7 Å². The van der Waals surface area contributed by atoms with Crippen LogP contribution in [0.1, 0.15) is 11.1 Å². The van der Waals surface area contributed by atoms with Gasteiger partial charge in [0.2, 0.25) is 0 Å². The van der Waals surface area contributed by atoms with E-state index in [1.807, 2.05) is 0 Å². The van der Waals surface area contributed by atoms with Crippen molar-refractivity contribution < 1.29 is 22.7 Å². The fourth-order valence-electron chi connectivity index (χ4n) is 2.61. The summed E-state index contributed by atoms with van der Waals surface area (Å²) in [5.74, 6) is 0.633. The van der Waals surface area contributed by atoms with Crippen LogP contribution in [0.5, 0.6) is 5.75 Å². The highest BCUT2D eigenvalue weighted by Crippen LogP contribution is 2.31. The van der Waals surface area contributed by atoms with Gasteiger partial charge in [-0.2, -0.15) is 13.2 Å². The molecule has 0 aliphatic rings. The number of hydrogen-bond donors (Lipinski definition) is 2. The number of halogens is 3. The van der Waals surface area contributed by atoms with Crippen molar-refractivity contribution in [2.75, 3.05) is 12.4 Å². The highest BCUT2D eigenvalue weighted by atomic mass is 19.4. The molecule has 2 amide bonds. The minimum atomic E-state index is -4.38. The molecule has 0 aliphatic carbocycles. The van der Waals surface area contributed by atoms with Gasteiger partial charge in [-0.15, -0.1) is 0 Å². The van der Waals surface area contributed by atoms with E-state index in [0.717, 1.165) is 22.9 Å². The van der Waals surface area contributed by atoms with Gasteiger partial charge in [-0.1, -0.05) is 12.1 Å². The molecule has 140 valence electrons. The zero-order valence-electron chi connectivity index (χ0n) is 14.3. The second-order valence-corrected chi connectivity index (χ2v) is 5.74. The largest absolute Gasteiger partial charge is 0.496 e. The molecule has 1 aromatic heterocycles. The third-order valence-electron chi connectivity index (χ3n) is 3.98. The topological polar surface area (TPSA) is 63.2 Å². The summed E-state index contributed by atoms with van der Waals surface area (Å²) in [4.78, 5) is 16.2. The predicted molar refractivity (Wildman–Crippen MR) is 95.6 cm³/mol. The molecule has 0 radical (unpaired) electrons. The maximum atomic E-state index is 12.6. The average molecular weight is 375 g/mol. The molecule has 0 bridgehead atoms. The zero-order valence-corrected chi connectivity index (χ0v) is 14.3. The molecule has 3 aromatic rings. The van der Waals surface area contributed by atoms with Crippen LogP contribution in [0.3, 0.4) is 0 Å². The zero-order chi connectivity index (χ0) is 19.4. The Kier molecular flexibility index (Phi) is 5.16. The monoisotopic (exact) mass is 375 g/mol. The first kappa shape index (κ1) is 18.5. The second-order valence-electron chi connectivity index (χ2n) is 5.74. The lowest BCUT2D eigenvalue weighted by atomic mass is 10.1. The van der Waals surface area contributed by atoms with Gasteiger partial charge in [-0.3, -0.25) is 4.98 Å². The number of aromatic nitrogens is 1. The number of rotatable bonds is 4. The number of alkyl halides is 3. The van der Waals surface area contributed by atoms with E-state index in [-0.39, 0.29) is 6.54 Å². The number of amides is 2. The van der Waals surface area contributed by atoms with Crippen LogP contribution in [0.2, 0.25) is 0 Å². The van der Waals surface area contributed by atoms with Gasteiger partial charge in [-0.05, 0) is 35.9 Å². The maximum Gasteiger partial charge on any atom is 0.416 e.